The van der Waals surface area contributed by atoms with Gasteiger partial charge in [0.25, 0.3) is 10.0 Å². The molecule has 7 nitrogen and oxygen atoms in total. The average molecular weight is 404 g/mol. The van der Waals surface area contributed by atoms with E-state index in [1.807, 2.05) is 0 Å². The summed E-state index contributed by atoms with van der Waals surface area (Å²) < 4.78 is 38.1. The zero-order chi connectivity index (χ0) is 18.2. The molecule has 0 unspecified atom stereocenters. The standard InChI is InChI=1S/C15H11Cl2NO6S/c16-9-2-1-3-13(14(9)17)25(21,22)18-10-7-12-11(23-4-5-24-12)6-8(10)15(19)20/h1-3,6-7,18H,4-5H2,(H,19,20). The maximum absolute atomic E-state index is 12.6. The molecule has 1 heterocycles. The molecule has 0 bridgehead atoms. The van der Waals surface area contributed by atoms with Crippen molar-refractivity contribution in [1.82, 2.24) is 0 Å². The minimum Gasteiger partial charge on any atom is -0.486 e. The average Bonchev–Trinajstić information content (AvgIpc) is 2.56. The molecule has 2 aromatic rings. The van der Waals surface area contributed by atoms with E-state index in [-0.39, 0.29) is 50.9 Å². The summed E-state index contributed by atoms with van der Waals surface area (Å²) >= 11 is 11.8. The number of rotatable bonds is 4. The normalized spacial score (nSPS) is 13.4. The third-order valence-corrected chi connectivity index (χ3v) is 5.70. The molecule has 1 aliphatic heterocycles. The van der Waals surface area contributed by atoms with Gasteiger partial charge in [0.05, 0.1) is 21.3 Å². The first-order valence-electron chi connectivity index (χ1n) is 6.93. The lowest BCUT2D eigenvalue weighted by Gasteiger charge is -2.20. The van der Waals surface area contributed by atoms with Crippen LogP contribution in [0.25, 0.3) is 0 Å². The summed E-state index contributed by atoms with van der Waals surface area (Å²) in [6, 6.07) is 6.58. The fourth-order valence-corrected chi connectivity index (χ4v) is 4.07. The van der Waals surface area contributed by atoms with Gasteiger partial charge in [0.2, 0.25) is 0 Å². The number of carboxylic acid groups (broad SMARTS) is 1. The van der Waals surface area contributed by atoms with Crippen LogP contribution in [0.1, 0.15) is 10.4 Å². The summed E-state index contributed by atoms with van der Waals surface area (Å²) in [6.07, 6.45) is 0. The van der Waals surface area contributed by atoms with Crippen molar-refractivity contribution in [2.75, 3.05) is 17.9 Å². The molecular formula is C15H11Cl2NO6S. The maximum Gasteiger partial charge on any atom is 0.337 e. The molecule has 1 aliphatic rings. The van der Waals surface area contributed by atoms with E-state index in [9.17, 15) is 18.3 Å². The molecule has 2 N–H and O–H groups in total. The highest BCUT2D eigenvalue weighted by Crippen LogP contribution is 2.37. The Bertz CT molecular complexity index is 961. The number of ether oxygens (including phenoxy) is 2. The van der Waals surface area contributed by atoms with Gasteiger partial charge in [-0.05, 0) is 12.1 Å². The van der Waals surface area contributed by atoms with Gasteiger partial charge >= 0.3 is 5.97 Å². The lowest BCUT2D eigenvalue weighted by Crippen LogP contribution is -2.19. The number of carboxylic acids is 1. The Balaban J connectivity index is 2.07. The number of benzene rings is 2. The highest BCUT2D eigenvalue weighted by atomic mass is 35.5. The largest absolute Gasteiger partial charge is 0.486 e. The first-order valence-corrected chi connectivity index (χ1v) is 9.17. The summed E-state index contributed by atoms with van der Waals surface area (Å²) in [4.78, 5) is 11.2. The first-order chi connectivity index (χ1) is 11.8. The summed E-state index contributed by atoms with van der Waals surface area (Å²) in [5.41, 5.74) is -0.459. The Kier molecular flexibility index (Phi) is 4.68. The minimum absolute atomic E-state index is 0.0603. The van der Waals surface area contributed by atoms with Crippen molar-refractivity contribution < 1.29 is 27.8 Å². The van der Waals surface area contributed by atoms with Crippen LogP contribution in [0, 0.1) is 0 Å². The van der Waals surface area contributed by atoms with Gasteiger partial charge in [-0.3, -0.25) is 4.72 Å². The molecular weight excluding hydrogens is 393 g/mol. The monoisotopic (exact) mass is 403 g/mol. The van der Waals surface area contributed by atoms with Crippen LogP contribution in [0.5, 0.6) is 11.5 Å². The summed E-state index contributed by atoms with van der Waals surface area (Å²) in [5.74, 6) is -0.856. The van der Waals surface area contributed by atoms with Crippen LogP contribution < -0.4 is 14.2 Å². The van der Waals surface area contributed by atoms with Crippen LogP contribution in [0.2, 0.25) is 10.0 Å². The molecule has 0 amide bonds. The molecule has 132 valence electrons. The second-order valence-electron chi connectivity index (χ2n) is 5.00. The number of hydrogen-bond acceptors (Lipinski definition) is 5. The Morgan fingerprint density at radius 1 is 1.12 bits per heavy atom. The molecule has 0 saturated carbocycles. The Labute approximate surface area is 153 Å². The van der Waals surface area contributed by atoms with Crippen molar-refractivity contribution in [2.24, 2.45) is 0 Å². The van der Waals surface area contributed by atoms with Crippen molar-refractivity contribution >= 4 is 44.9 Å². The first kappa shape index (κ1) is 17.7. The molecule has 0 spiro atoms. The molecule has 10 heteroatoms. The summed E-state index contributed by atoms with van der Waals surface area (Å²) in [5, 5.41) is 9.25. The minimum atomic E-state index is -4.18. The molecule has 0 radical (unpaired) electrons. The van der Waals surface area contributed by atoms with Gasteiger partial charge in [-0.2, -0.15) is 0 Å². The van der Waals surface area contributed by atoms with Crippen molar-refractivity contribution in [3.05, 3.63) is 45.9 Å². The molecule has 3 rings (SSSR count). The van der Waals surface area contributed by atoms with Crippen molar-refractivity contribution in [3.8, 4) is 11.5 Å². The van der Waals surface area contributed by atoms with E-state index in [1.54, 1.807) is 0 Å². The fourth-order valence-electron chi connectivity index (χ4n) is 2.24. The quantitative estimate of drug-likeness (QED) is 0.811. The third-order valence-electron chi connectivity index (χ3n) is 3.36. The fraction of sp³-hybridized carbons (Fsp3) is 0.133. The lowest BCUT2D eigenvalue weighted by molar-refractivity contribution is 0.0697. The Morgan fingerprint density at radius 2 is 1.76 bits per heavy atom. The predicted molar refractivity (Wildman–Crippen MR) is 91.7 cm³/mol. The van der Waals surface area contributed by atoms with Crippen molar-refractivity contribution in [3.63, 3.8) is 0 Å². The van der Waals surface area contributed by atoms with E-state index in [4.69, 9.17) is 32.7 Å². The second-order valence-corrected chi connectivity index (χ2v) is 7.44. The SMILES string of the molecule is O=C(O)c1cc2c(cc1NS(=O)(=O)c1cccc(Cl)c1Cl)OCCO2. The molecule has 0 aliphatic carbocycles. The van der Waals surface area contributed by atoms with Crippen LogP contribution in [-0.2, 0) is 10.0 Å². The van der Waals surface area contributed by atoms with E-state index in [0.717, 1.165) is 0 Å². The van der Waals surface area contributed by atoms with Gasteiger partial charge in [0.1, 0.15) is 18.1 Å². The van der Waals surface area contributed by atoms with Crippen LogP contribution in [0.3, 0.4) is 0 Å². The molecule has 0 aromatic heterocycles. The number of aromatic carboxylic acids is 1. The van der Waals surface area contributed by atoms with E-state index in [0.29, 0.717) is 0 Å². The van der Waals surface area contributed by atoms with E-state index < -0.39 is 16.0 Å². The molecule has 0 fully saturated rings. The van der Waals surface area contributed by atoms with E-state index in [1.165, 1.54) is 30.3 Å². The number of anilines is 1. The zero-order valence-electron chi connectivity index (χ0n) is 12.5. The lowest BCUT2D eigenvalue weighted by atomic mass is 10.1. The number of carbonyl (C=O) groups is 1. The predicted octanol–water partition coefficient (Wildman–Crippen LogP) is 3.26. The number of halogens is 2. The Morgan fingerprint density at radius 3 is 2.40 bits per heavy atom. The zero-order valence-corrected chi connectivity index (χ0v) is 14.8. The molecule has 25 heavy (non-hydrogen) atoms. The highest BCUT2D eigenvalue weighted by Gasteiger charge is 2.25. The van der Waals surface area contributed by atoms with Crippen molar-refractivity contribution in [2.45, 2.75) is 4.90 Å². The van der Waals surface area contributed by atoms with Gasteiger partial charge in [0.15, 0.2) is 11.5 Å². The molecule has 0 atom stereocenters. The molecule has 0 saturated heterocycles. The van der Waals surface area contributed by atoms with Gasteiger partial charge in [-0.25, -0.2) is 13.2 Å². The van der Waals surface area contributed by atoms with Gasteiger partial charge in [0, 0.05) is 12.1 Å². The van der Waals surface area contributed by atoms with Gasteiger partial charge < -0.3 is 14.6 Å². The van der Waals surface area contributed by atoms with Crippen molar-refractivity contribution in [1.29, 1.82) is 0 Å². The number of fused-ring (bicyclic) bond motifs is 1. The van der Waals surface area contributed by atoms with Crippen LogP contribution in [-0.4, -0.2) is 32.7 Å². The van der Waals surface area contributed by atoms with Crippen LogP contribution in [0.15, 0.2) is 35.2 Å². The van der Waals surface area contributed by atoms with E-state index in [2.05, 4.69) is 4.72 Å². The highest BCUT2D eigenvalue weighted by molar-refractivity contribution is 7.92. The van der Waals surface area contributed by atoms with Gasteiger partial charge in [-0.15, -0.1) is 0 Å². The number of nitrogens with one attached hydrogen (secondary N) is 1. The smallest absolute Gasteiger partial charge is 0.337 e. The third kappa shape index (κ3) is 3.46. The number of sulfonamides is 1. The molecule has 2 aromatic carbocycles. The van der Waals surface area contributed by atoms with Crippen LogP contribution in [0.4, 0.5) is 5.69 Å². The summed E-state index contributed by atoms with van der Waals surface area (Å²) in [6.45, 7) is 0.543. The van der Waals surface area contributed by atoms with Gasteiger partial charge in [-0.1, -0.05) is 29.3 Å². The topological polar surface area (TPSA) is 102 Å². The van der Waals surface area contributed by atoms with Crippen LogP contribution >= 0.6 is 23.2 Å². The summed E-state index contributed by atoms with van der Waals surface area (Å²) in [7, 11) is -4.18. The maximum atomic E-state index is 12.6. The Hall–Kier alpha value is -2.16. The number of hydrogen-bond donors (Lipinski definition) is 2. The second kappa shape index (κ2) is 6.62. The van der Waals surface area contributed by atoms with E-state index >= 15 is 0 Å².